The van der Waals surface area contributed by atoms with Gasteiger partial charge in [0.15, 0.2) is 0 Å². The second-order valence-corrected chi connectivity index (χ2v) is 5.08. The van der Waals surface area contributed by atoms with Gasteiger partial charge in [-0.25, -0.2) is 0 Å². The number of nitrogens with one attached hydrogen (secondary N) is 4. The van der Waals surface area contributed by atoms with Crippen molar-refractivity contribution in [3.05, 3.63) is 0 Å². The Hall–Kier alpha value is -1.14. The number of hydrogen-bond acceptors (Lipinski definition) is 4. The summed E-state index contributed by atoms with van der Waals surface area (Å²) < 4.78 is 0. The molecule has 0 aromatic carbocycles. The van der Waals surface area contributed by atoms with Gasteiger partial charge in [0.25, 0.3) is 0 Å². The smallest absolute Gasteiger partial charge is 0.242 e. The Morgan fingerprint density at radius 3 is 2.56 bits per heavy atom. The van der Waals surface area contributed by atoms with E-state index in [1.807, 2.05) is 13.8 Å². The highest BCUT2D eigenvalue weighted by atomic mass is 16.2. The van der Waals surface area contributed by atoms with Gasteiger partial charge < -0.3 is 21.3 Å². The Labute approximate surface area is 108 Å². The van der Waals surface area contributed by atoms with Crippen molar-refractivity contribution >= 4 is 11.8 Å². The van der Waals surface area contributed by atoms with Crippen LogP contribution in [0.1, 0.15) is 20.8 Å². The van der Waals surface area contributed by atoms with Crippen molar-refractivity contribution in [1.29, 1.82) is 0 Å². The van der Waals surface area contributed by atoms with E-state index in [4.69, 9.17) is 0 Å². The van der Waals surface area contributed by atoms with Gasteiger partial charge in [0.2, 0.25) is 11.8 Å². The summed E-state index contributed by atoms with van der Waals surface area (Å²) in [5.74, 6) is 0.135. The summed E-state index contributed by atoms with van der Waals surface area (Å²) in [6.45, 7) is 8.63. The zero-order valence-corrected chi connectivity index (χ0v) is 11.4. The van der Waals surface area contributed by atoms with Crippen LogP contribution in [0.4, 0.5) is 0 Å². The molecule has 6 heteroatoms. The van der Waals surface area contributed by atoms with Gasteiger partial charge >= 0.3 is 0 Å². The van der Waals surface area contributed by atoms with Crippen LogP contribution in [-0.4, -0.2) is 50.1 Å². The summed E-state index contributed by atoms with van der Waals surface area (Å²) in [7, 11) is 0. The summed E-state index contributed by atoms with van der Waals surface area (Å²) >= 11 is 0. The SMILES string of the molecule is CC(C)CNC(=O)C(C)NC(=O)C1CNCCN1. The third kappa shape index (κ3) is 5.01. The summed E-state index contributed by atoms with van der Waals surface area (Å²) in [5.41, 5.74) is 0. The summed E-state index contributed by atoms with van der Waals surface area (Å²) in [6.07, 6.45) is 0. The van der Waals surface area contributed by atoms with Gasteiger partial charge in [0.05, 0.1) is 6.04 Å². The van der Waals surface area contributed by atoms with Crippen LogP contribution in [0.3, 0.4) is 0 Å². The highest BCUT2D eigenvalue weighted by Crippen LogP contribution is 1.92. The average molecular weight is 256 g/mol. The molecular weight excluding hydrogens is 232 g/mol. The van der Waals surface area contributed by atoms with Crippen molar-refractivity contribution in [1.82, 2.24) is 21.3 Å². The Kier molecular flexibility index (Phi) is 6.07. The number of amides is 2. The first kappa shape index (κ1) is 14.9. The standard InChI is InChI=1S/C12H24N4O2/c1-8(2)6-15-11(17)9(3)16-12(18)10-7-13-4-5-14-10/h8-10,13-14H,4-7H2,1-3H3,(H,15,17)(H,16,18). The van der Waals surface area contributed by atoms with E-state index in [-0.39, 0.29) is 17.9 Å². The first-order valence-electron chi connectivity index (χ1n) is 6.53. The molecule has 2 amide bonds. The van der Waals surface area contributed by atoms with Crippen LogP contribution in [0.5, 0.6) is 0 Å². The molecule has 1 saturated heterocycles. The molecule has 0 radical (unpaired) electrons. The number of hydrogen-bond donors (Lipinski definition) is 4. The van der Waals surface area contributed by atoms with Crippen LogP contribution in [0.2, 0.25) is 0 Å². The highest BCUT2D eigenvalue weighted by Gasteiger charge is 2.23. The minimum atomic E-state index is -0.500. The molecule has 1 heterocycles. The molecule has 0 spiro atoms. The lowest BCUT2D eigenvalue weighted by Gasteiger charge is -2.25. The van der Waals surface area contributed by atoms with Gasteiger partial charge in [-0.05, 0) is 12.8 Å². The number of carbonyl (C=O) groups excluding carboxylic acids is 2. The van der Waals surface area contributed by atoms with Gasteiger partial charge in [-0.1, -0.05) is 13.8 Å². The van der Waals surface area contributed by atoms with Crippen molar-refractivity contribution in [3.63, 3.8) is 0 Å². The maximum absolute atomic E-state index is 11.9. The van der Waals surface area contributed by atoms with E-state index < -0.39 is 6.04 Å². The zero-order chi connectivity index (χ0) is 13.5. The van der Waals surface area contributed by atoms with Crippen molar-refractivity contribution in [2.75, 3.05) is 26.2 Å². The molecule has 0 aromatic rings. The first-order chi connectivity index (χ1) is 8.50. The lowest BCUT2D eigenvalue weighted by Crippen LogP contribution is -2.58. The second-order valence-electron chi connectivity index (χ2n) is 5.08. The highest BCUT2D eigenvalue weighted by molar-refractivity contribution is 5.89. The van der Waals surface area contributed by atoms with Gasteiger partial charge in [0.1, 0.15) is 6.04 Å². The largest absolute Gasteiger partial charge is 0.354 e. The first-order valence-corrected chi connectivity index (χ1v) is 6.53. The van der Waals surface area contributed by atoms with E-state index in [2.05, 4.69) is 21.3 Å². The van der Waals surface area contributed by atoms with Crippen molar-refractivity contribution in [2.45, 2.75) is 32.9 Å². The molecule has 0 aliphatic carbocycles. The molecule has 4 N–H and O–H groups in total. The Balaban J connectivity index is 2.31. The summed E-state index contributed by atoms with van der Waals surface area (Å²) in [4.78, 5) is 23.6. The maximum atomic E-state index is 11.9. The fourth-order valence-corrected chi connectivity index (χ4v) is 1.68. The van der Waals surface area contributed by atoms with Gasteiger partial charge in [0, 0.05) is 26.2 Å². The van der Waals surface area contributed by atoms with Crippen molar-refractivity contribution < 1.29 is 9.59 Å². The van der Waals surface area contributed by atoms with Crippen LogP contribution < -0.4 is 21.3 Å². The fourth-order valence-electron chi connectivity index (χ4n) is 1.68. The van der Waals surface area contributed by atoms with Crippen molar-refractivity contribution in [2.24, 2.45) is 5.92 Å². The Morgan fingerprint density at radius 1 is 1.28 bits per heavy atom. The monoisotopic (exact) mass is 256 g/mol. The van der Waals surface area contributed by atoms with Gasteiger partial charge in [-0.2, -0.15) is 0 Å². The van der Waals surface area contributed by atoms with E-state index >= 15 is 0 Å². The minimum absolute atomic E-state index is 0.130. The Bertz CT molecular complexity index is 288. The fraction of sp³-hybridized carbons (Fsp3) is 0.833. The molecular formula is C12H24N4O2. The third-order valence-corrected chi connectivity index (χ3v) is 2.79. The summed E-state index contributed by atoms with van der Waals surface area (Å²) in [6, 6.07) is -0.751. The molecule has 0 aromatic heterocycles. The molecule has 1 aliphatic rings. The maximum Gasteiger partial charge on any atom is 0.242 e. The van der Waals surface area contributed by atoms with Crippen LogP contribution >= 0.6 is 0 Å². The van der Waals surface area contributed by atoms with Crippen LogP contribution in [-0.2, 0) is 9.59 Å². The summed E-state index contributed by atoms with van der Waals surface area (Å²) in [5, 5.41) is 11.8. The predicted octanol–water partition coefficient (Wildman–Crippen LogP) is -1.18. The molecule has 18 heavy (non-hydrogen) atoms. The molecule has 2 atom stereocenters. The Morgan fingerprint density at radius 2 is 2.00 bits per heavy atom. The molecule has 1 aliphatic heterocycles. The van der Waals surface area contributed by atoms with Gasteiger partial charge in [-0.15, -0.1) is 0 Å². The second kappa shape index (κ2) is 7.33. The molecule has 2 unspecified atom stereocenters. The minimum Gasteiger partial charge on any atom is -0.354 e. The average Bonchev–Trinajstić information content (AvgIpc) is 2.36. The van der Waals surface area contributed by atoms with Crippen molar-refractivity contribution in [3.8, 4) is 0 Å². The van der Waals surface area contributed by atoms with E-state index in [0.29, 0.717) is 19.0 Å². The van der Waals surface area contributed by atoms with Gasteiger partial charge in [-0.3, -0.25) is 9.59 Å². The lowest BCUT2D eigenvalue weighted by atomic mass is 10.2. The van der Waals surface area contributed by atoms with E-state index in [1.165, 1.54) is 0 Å². The van der Waals surface area contributed by atoms with Crippen LogP contribution in [0, 0.1) is 5.92 Å². The van der Waals surface area contributed by atoms with Crippen LogP contribution in [0.25, 0.3) is 0 Å². The van der Waals surface area contributed by atoms with E-state index in [1.54, 1.807) is 6.92 Å². The third-order valence-electron chi connectivity index (χ3n) is 2.79. The van der Waals surface area contributed by atoms with Crippen LogP contribution in [0.15, 0.2) is 0 Å². The molecule has 6 nitrogen and oxygen atoms in total. The number of carbonyl (C=O) groups is 2. The van der Waals surface area contributed by atoms with E-state index in [0.717, 1.165) is 13.1 Å². The zero-order valence-electron chi connectivity index (χ0n) is 11.4. The molecule has 1 rings (SSSR count). The normalized spacial score (nSPS) is 21.4. The molecule has 104 valence electrons. The topological polar surface area (TPSA) is 82.3 Å². The molecule has 0 saturated carbocycles. The quantitative estimate of drug-likeness (QED) is 0.499. The lowest BCUT2D eigenvalue weighted by molar-refractivity contribution is -0.129. The molecule has 1 fully saturated rings. The van der Waals surface area contributed by atoms with E-state index in [9.17, 15) is 9.59 Å². The number of rotatable bonds is 5. The molecule has 0 bridgehead atoms. The predicted molar refractivity (Wildman–Crippen MR) is 70.1 cm³/mol. The number of piperazine rings is 1.